The van der Waals surface area contributed by atoms with Crippen LogP contribution in [0.3, 0.4) is 0 Å². The highest BCUT2D eigenvalue weighted by Crippen LogP contribution is 2.26. The lowest BCUT2D eigenvalue weighted by Crippen LogP contribution is -2.06. The largest absolute Gasteiger partial charge is 0.495 e. The molecule has 0 spiro atoms. The summed E-state index contributed by atoms with van der Waals surface area (Å²) in [4.78, 5) is 4.12. The molecule has 0 bridgehead atoms. The summed E-state index contributed by atoms with van der Waals surface area (Å²) >= 11 is 0. The molecule has 94 valence electrons. The van der Waals surface area contributed by atoms with E-state index in [2.05, 4.69) is 10.3 Å². The molecule has 0 amide bonds. The van der Waals surface area contributed by atoms with Crippen molar-refractivity contribution in [2.45, 2.75) is 6.54 Å². The van der Waals surface area contributed by atoms with Gasteiger partial charge in [-0.25, -0.2) is 4.39 Å². The van der Waals surface area contributed by atoms with Gasteiger partial charge in [-0.3, -0.25) is 4.98 Å². The fraction of sp³-hybridized carbons (Fsp3) is 0.214. The summed E-state index contributed by atoms with van der Waals surface area (Å²) in [6, 6.07) is 6.64. The van der Waals surface area contributed by atoms with Crippen molar-refractivity contribution in [2.75, 3.05) is 14.2 Å². The highest BCUT2D eigenvalue weighted by molar-refractivity contribution is 5.67. The van der Waals surface area contributed by atoms with Crippen LogP contribution in [0.4, 0.5) is 4.39 Å². The van der Waals surface area contributed by atoms with Crippen LogP contribution in [0.25, 0.3) is 11.1 Å². The molecule has 0 radical (unpaired) electrons. The maximum Gasteiger partial charge on any atom is 0.137 e. The second kappa shape index (κ2) is 5.60. The van der Waals surface area contributed by atoms with Gasteiger partial charge in [-0.1, -0.05) is 6.07 Å². The Kier molecular flexibility index (Phi) is 3.89. The third-order valence-corrected chi connectivity index (χ3v) is 2.69. The van der Waals surface area contributed by atoms with Gasteiger partial charge in [-0.15, -0.1) is 0 Å². The second-order valence-corrected chi connectivity index (χ2v) is 3.95. The molecule has 0 saturated carbocycles. The predicted octanol–water partition coefficient (Wildman–Crippen LogP) is 2.62. The van der Waals surface area contributed by atoms with Gasteiger partial charge in [-0.05, 0) is 36.4 Å². The Morgan fingerprint density at radius 1 is 1.28 bits per heavy atom. The monoisotopic (exact) mass is 246 g/mol. The van der Waals surface area contributed by atoms with Gasteiger partial charge in [0.1, 0.15) is 11.6 Å². The van der Waals surface area contributed by atoms with Crippen LogP contribution in [-0.4, -0.2) is 19.1 Å². The van der Waals surface area contributed by atoms with Crippen molar-refractivity contribution in [3.05, 3.63) is 48.0 Å². The quantitative estimate of drug-likeness (QED) is 0.900. The average molecular weight is 246 g/mol. The molecule has 2 rings (SSSR count). The van der Waals surface area contributed by atoms with Gasteiger partial charge in [0.05, 0.1) is 13.3 Å². The van der Waals surface area contributed by atoms with Gasteiger partial charge in [-0.2, -0.15) is 0 Å². The molecule has 0 aliphatic carbocycles. The highest BCUT2D eigenvalue weighted by Gasteiger charge is 2.07. The van der Waals surface area contributed by atoms with Crippen molar-refractivity contribution in [2.24, 2.45) is 0 Å². The highest BCUT2D eigenvalue weighted by atomic mass is 19.1. The first-order chi connectivity index (χ1) is 8.74. The van der Waals surface area contributed by atoms with E-state index in [0.29, 0.717) is 12.3 Å². The fourth-order valence-electron chi connectivity index (χ4n) is 1.86. The fourth-order valence-corrected chi connectivity index (χ4v) is 1.86. The third kappa shape index (κ3) is 2.65. The van der Waals surface area contributed by atoms with Crippen molar-refractivity contribution < 1.29 is 9.13 Å². The summed E-state index contributed by atoms with van der Waals surface area (Å²) < 4.78 is 18.4. The first-order valence-electron chi connectivity index (χ1n) is 5.67. The topological polar surface area (TPSA) is 34.2 Å². The molecule has 1 aromatic carbocycles. The summed E-state index contributed by atoms with van der Waals surface area (Å²) in [5, 5.41) is 3.03. The van der Waals surface area contributed by atoms with Gasteiger partial charge in [0, 0.05) is 18.3 Å². The number of hydrogen-bond donors (Lipinski definition) is 1. The zero-order chi connectivity index (χ0) is 13.0. The Hall–Kier alpha value is -1.94. The summed E-state index contributed by atoms with van der Waals surface area (Å²) in [7, 11) is 3.43. The number of benzene rings is 1. The summed E-state index contributed by atoms with van der Waals surface area (Å²) in [5.74, 6) is 0.451. The SMILES string of the molecule is CNCc1cc(F)ccc1-c1cncc(OC)c1. The van der Waals surface area contributed by atoms with E-state index < -0.39 is 0 Å². The molecule has 3 nitrogen and oxygen atoms in total. The maximum atomic E-state index is 13.3. The first-order valence-corrected chi connectivity index (χ1v) is 5.67. The van der Waals surface area contributed by atoms with Gasteiger partial charge < -0.3 is 10.1 Å². The number of methoxy groups -OCH3 is 1. The number of aromatic nitrogens is 1. The minimum atomic E-state index is -0.236. The van der Waals surface area contributed by atoms with E-state index in [-0.39, 0.29) is 5.82 Å². The van der Waals surface area contributed by atoms with Crippen molar-refractivity contribution in [3.8, 4) is 16.9 Å². The Balaban J connectivity index is 2.48. The maximum absolute atomic E-state index is 13.3. The van der Waals surface area contributed by atoms with E-state index in [0.717, 1.165) is 16.7 Å². The molecule has 18 heavy (non-hydrogen) atoms. The smallest absolute Gasteiger partial charge is 0.137 e. The van der Waals surface area contributed by atoms with Crippen LogP contribution >= 0.6 is 0 Å². The van der Waals surface area contributed by atoms with Crippen LogP contribution in [0.2, 0.25) is 0 Å². The van der Waals surface area contributed by atoms with E-state index in [1.165, 1.54) is 12.1 Å². The third-order valence-electron chi connectivity index (χ3n) is 2.69. The molecule has 0 unspecified atom stereocenters. The average Bonchev–Trinajstić information content (AvgIpc) is 2.39. The van der Waals surface area contributed by atoms with Crippen LogP contribution < -0.4 is 10.1 Å². The van der Waals surface area contributed by atoms with Gasteiger partial charge in [0.15, 0.2) is 0 Å². The van der Waals surface area contributed by atoms with Gasteiger partial charge >= 0.3 is 0 Å². The predicted molar refractivity (Wildman–Crippen MR) is 68.9 cm³/mol. The molecular weight excluding hydrogens is 231 g/mol. The Bertz CT molecular complexity index is 543. The minimum Gasteiger partial charge on any atom is -0.495 e. The zero-order valence-corrected chi connectivity index (χ0v) is 10.4. The molecule has 0 aliphatic heterocycles. The molecule has 1 N–H and O–H groups in total. The number of rotatable bonds is 4. The van der Waals surface area contributed by atoms with Crippen LogP contribution in [0, 0.1) is 5.82 Å². The molecule has 1 aromatic heterocycles. The lowest BCUT2D eigenvalue weighted by atomic mass is 10.0. The van der Waals surface area contributed by atoms with Gasteiger partial charge in [0.25, 0.3) is 0 Å². The van der Waals surface area contributed by atoms with E-state index in [1.807, 2.05) is 13.1 Å². The molecule has 1 heterocycles. The molecule has 0 aliphatic rings. The number of pyridine rings is 1. The molecule has 0 atom stereocenters. The molecule has 2 aromatic rings. The van der Waals surface area contributed by atoms with Crippen LogP contribution in [0.15, 0.2) is 36.7 Å². The number of hydrogen-bond acceptors (Lipinski definition) is 3. The lowest BCUT2D eigenvalue weighted by Gasteiger charge is -2.10. The first kappa shape index (κ1) is 12.5. The summed E-state index contributed by atoms with van der Waals surface area (Å²) in [6.45, 7) is 0.601. The Labute approximate surface area is 106 Å². The van der Waals surface area contributed by atoms with Crippen molar-refractivity contribution in [1.29, 1.82) is 0 Å². The number of nitrogens with one attached hydrogen (secondary N) is 1. The zero-order valence-electron chi connectivity index (χ0n) is 10.4. The normalized spacial score (nSPS) is 10.4. The minimum absolute atomic E-state index is 0.236. The Morgan fingerprint density at radius 2 is 2.11 bits per heavy atom. The van der Waals surface area contributed by atoms with Crippen LogP contribution in [0.1, 0.15) is 5.56 Å². The number of ether oxygens (including phenoxy) is 1. The standard InChI is InChI=1S/C14H15FN2O/c1-16-7-10-5-12(15)3-4-14(10)11-6-13(18-2)9-17-8-11/h3-6,8-9,16H,7H2,1-2H3. The molecule has 0 fully saturated rings. The van der Waals surface area contributed by atoms with Crippen molar-refractivity contribution >= 4 is 0 Å². The van der Waals surface area contributed by atoms with Crippen molar-refractivity contribution in [1.82, 2.24) is 10.3 Å². The van der Waals surface area contributed by atoms with Crippen LogP contribution in [-0.2, 0) is 6.54 Å². The lowest BCUT2D eigenvalue weighted by molar-refractivity contribution is 0.413. The molecule has 0 saturated heterocycles. The van der Waals surface area contributed by atoms with Gasteiger partial charge in [0.2, 0.25) is 0 Å². The van der Waals surface area contributed by atoms with E-state index in [4.69, 9.17) is 4.74 Å². The molecular formula is C14H15FN2O. The second-order valence-electron chi connectivity index (χ2n) is 3.95. The summed E-state index contributed by atoms with van der Waals surface area (Å²) in [5.41, 5.74) is 2.77. The van der Waals surface area contributed by atoms with E-state index >= 15 is 0 Å². The number of nitrogens with zero attached hydrogens (tertiary/aromatic N) is 1. The molecule has 4 heteroatoms. The van der Waals surface area contributed by atoms with E-state index in [1.54, 1.807) is 25.6 Å². The van der Waals surface area contributed by atoms with Crippen molar-refractivity contribution in [3.63, 3.8) is 0 Å². The summed E-state index contributed by atoms with van der Waals surface area (Å²) in [6.07, 6.45) is 3.39. The number of halogens is 1. The van der Waals surface area contributed by atoms with Crippen LogP contribution in [0.5, 0.6) is 5.75 Å². The van der Waals surface area contributed by atoms with E-state index in [9.17, 15) is 4.39 Å². The Morgan fingerprint density at radius 3 is 2.83 bits per heavy atom.